The molecular formula is C13H20FN. The minimum absolute atomic E-state index is 0.174. The van der Waals surface area contributed by atoms with E-state index in [0.29, 0.717) is 5.92 Å². The largest absolute Gasteiger partial charge is 0.308 e. The molecule has 15 heavy (non-hydrogen) atoms. The van der Waals surface area contributed by atoms with Gasteiger partial charge in [0.2, 0.25) is 0 Å². The highest BCUT2D eigenvalue weighted by Crippen LogP contribution is 2.20. The van der Waals surface area contributed by atoms with Crippen molar-refractivity contribution >= 4 is 0 Å². The third-order valence-electron chi connectivity index (χ3n) is 2.50. The Morgan fingerprint density at radius 2 is 2.00 bits per heavy atom. The van der Waals surface area contributed by atoms with E-state index in [-0.39, 0.29) is 11.4 Å². The zero-order chi connectivity index (χ0) is 11.5. The molecule has 1 aromatic carbocycles. The maximum absolute atomic E-state index is 13.1. The highest BCUT2D eigenvalue weighted by atomic mass is 19.1. The van der Waals surface area contributed by atoms with Gasteiger partial charge >= 0.3 is 0 Å². The summed E-state index contributed by atoms with van der Waals surface area (Å²) in [6.45, 7) is 9.40. The van der Waals surface area contributed by atoms with E-state index in [9.17, 15) is 4.39 Å². The average Bonchev–Trinajstić information content (AvgIpc) is 2.15. The van der Waals surface area contributed by atoms with Gasteiger partial charge in [-0.3, -0.25) is 0 Å². The van der Waals surface area contributed by atoms with Crippen molar-refractivity contribution in [3.05, 3.63) is 35.6 Å². The summed E-state index contributed by atoms with van der Waals surface area (Å²) in [5, 5.41) is 3.44. The Balaban J connectivity index is 2.76. The number of hydrogen-bond acceptors (Lipinski definition) is 1. The molecule has 0 aliphatic heterocycles. The minimum Gasteiger partial charge on any atom is -0.308 e. The van der Waals surface area contributed by atoms with Gasteiger partial charge in [-0.05, 0) is 44.0 Å². The van der Waals surface area contributed by atoms with Gasteiger partial charge in [-0.15, -0.1) is 0 Å². The molecule has 0 fully saturated rings. The predicted molar refractivity (Wildman–Crippen MR) is 62.3 cm³/mol. The summed E-state index contributed by atoms with van der Waals surface area (Å²) in [4.78, 5) is 0. The van der Waals surface area contributed by atoms with Gasteiger partial charge in [-0.2, -0.15) is 0 Å². The fourth-order valence-electron chi connectivity index (χ4n) is 1.44. The predicted octanol–water partition coefficient (Wildman–Crippen LogP) is 3.31. The van der Waals surface area contributed by atoms with Crippen LogP contribution in [0.3, 0.4) is 0 Å². The Morgan fingerprint density at radius 1 is 1.33 bits per heavy atom. The Kier molecular flexibility index (Phi) is 3.86. The van der Waals surface area contributed by atoms with Gasteiger partial charge in [-0.1, -0.05) is 26.0 Å². The average molecular weight is 209 g/mol. The van der Waals surface area contributed by atoms with Crippen LogP contribution >= 0.6 is 0 Å². The second kappa shape index (κ2) is 4.75. The molecule has 0 aliphatic rings. The monoisotopic (exact) mass is 209 g/mol. The molecule has 0 atom stereocenters. The fraction of sp³-hybridized carbons (Fsp3) is 0.538. The molecule has 0 aliphatic carbocycles. The molecule has 0 unspecified atom stereocenters. The molecule has 1 rings (SSSR count). The summed E-state index contributed by atoms with van der Waals surface area (Å²) in [5.74, 6) is 0.421. The van der Waals surface area contributed by atoms with Gasteiger partial charge in [0, 0.05) is 5.54 Å². The van der Waals surface area contributed by atoms with Crippen LogP contribution in [-0.4, -0.2) is 6.54 Å². The normalized spacial score (nSPS) is 12.1. The standard InChI is InChI=1S/C13H20FN/c1-10(2)9-15-13(3,4)11-6-5-7-12(14)8-11/h5-8,10,15H,9H2,1-4H3. The van der Waals surface area contributed by atoms with E-state index in [0.717, 1.165) is 12.1 Å². The van der Waals surface area contributed by atoms with Gasteiger partial charge < -0.3 is 5.32 Å². The molecule has 0 bridgehead atoms. The lowest BCUT2D eigenvalue weighted by Gasteiger charge is -2.28. The first-order valence-corrected chi connectivity index (χ1v) is 5.43. The summed E-state index contributed by atoms with van der Waals surface area (Å²) < 4.78 is 13.1. The second-order valence-corrected chi connectivity index (χ2v) is 4.91. The van der Waals surface area contributed by atoms with Crippen LogP contribution in [0.25, 0.3) is 0 Å². The number of hydrogen-bond donors (Lipinski definition) is 1. The van der Waals surface area contributed by atoms with Crippen LogP contribution in [0.4, 0.5) is 4.39 Å². The van der Waals surface area contributed by atoms with Crippen LogP contribution in [0.5, 0.6) is 0 Å². The lowest BCUT2D eigenvalue weighted by Crippen LogP contribution is -2.38. The molecule has 1 aromatic rings. The van der Waals surface area contributed by atoms with E-state index in [1.54, 1.807) is 12.1 Å². The smallest absolute Gasteiger partial charge is 0.123 e. The van der Waals surface area contributed by atoms with Crippen molar-refractivity contribution in [1.82, 2.24) is 5.32 Å². The third-order valence-corrected chi connectivity index (χ3v) is 2.50. The van der Waals surface area contributed by atoms with Crippen molar-refractivity contribution in [2.24, 2.45) is 5.92 Å². The first kappa shape index (κ1) is 12.2. The molecule has 2 heteroatoms. The topological polar surface area (TPSA) is 12.0 Å². The van der Waals surface area contributed by atoms with Crippen molar-refractivity contribution in [3.8, 4) is 0 Å². The van der Waals surface area contributed by atoms with Gasteiger partial charge in [0.25, 0.3) is 0 Å². The van der Waals surface area contributed by atoms with E-state index >= 15 is 0 Å². The van der Waals surface area contributed by atoms with Gasteiger partial charge in [0.15, 0.2) is 0 Å². The quantitative estimate of drug-likeness (QED) is 0.802. The van der Waals surface area contributed by atoms with Crippen LogP contribution in [0.15, 0.2) is 24.3 Å². The Bertz CT molecular complexity index is 318. The minimum atomic E-state index is -0.174. The maximum atomic E-state index is 13.1. The molecule has 0 spiro atoms. The summed E-state index contributed by atoms with van der Waals surface area (Å²) in [6, 6.07) is 6.77. The number of halogens is 1. The fourth-order valence-corrected chi connectivity index (χ4v) is 1.44. The van der Waals surface area contributed by atoms with E-state index < -0.39 is 0 Å². The van der Waals surface area contributed by atoms with Gasteiger partial charge in [0.05, 0.1) is 0 Å². The molecule has 1 nitrogen and oxygen atoms in total. The molecule has 0 saturated heterocycles. The zero-order valence-electron chi connectivity index (χ0n) is 9.97. The highest BCUT2D eigenvalue weighted by Gasteiger charge is 2.19. The lowest BCUT2D eigenvalue weighted by atomic mass is 9.93. The van der Waals surface area contributed by atoms with E-state index in [1.165, 1.54) is 6.07 Å². The molecule has 0 heterocycles. The van der Waals surface area contributed by atoms with Crippen molar-refractivity contribution in [2.75, 3.05) is 6.54 Å². The SMILES string of the molecule is CC(C)CNC(C)(C)c1cccc(F)c1. The van der Waals surface area contributed by atoms with Crippen LogP contribution in [0, 0.1) is 11.7 Å². The molecule has 0 saturated carbocycles. The maximum Gasteiger partial charge on any atom is 0.123 e. The molecular weight excluding hydrogens is 189 g/mol. The van der Waals surface area contributed by atoms with Crippen molar-refractivity contribution in [2.45, 2.75) is 33.2 Å². The summed E-state index contributed by atoms with van der Waals surface area (Å²) in [6.07, 6.45) is 0. The Morgan fingerprint density at radius 3 is 2.53 bits per heavy atom. The molecule has 0 radical (unpaired) electrons. The lowest BCUT2D eigenvalue weighted by molar-refractivity contribution is 0.373. The molecule has 1 N–H and O–H groups in total. The van der Waals surface area contributed by atoms with Crippen LogP contribution in [-0.2, 0) is 5.54 Å². The Hall–Kier alpha value is -0.890. The number of rotatable bonds is 4. The zero-order valence-corrected chi connectivity index (χ0v) is 9.97. The summed E-state index contributed by atoms with van der Waals surface area (Å²) in [5.41, 5.74) is 0.815. The molecule has 84 valence electrons. The highest BCUT2D eigenvalue weighted by molar-refractivity contribution is 5.23. The van der Waals surface area contributed by atoms with E-state index in [1.807, 2.05) is 6.07 Å². The van der Waals surface area contributed by atoms with Gasteiger partial charge in [-0.25, -0.2) is 4.39 Å². The number of benzene rings is 1. The second-order valence-electron chi connectivity index (χ2n) is 4.91. The van der Waals surface area contributed by atoms with Crippen LogP contribution in [0.2, 0.25) is 0 Å². The van der Waals surface area contributed by atoms with Crippen molar-refractivity contribution in [3.63, 3.8) is 0 Å². The molecule has 0 amide bonds. The first-order valence-electron chi connectivity index (χ1n) is 5.43. The van der Waals surface area contributed by atoms with Crippen LogP contribution in [0.1, 0.15) is 33.3 Å². The van der Waals surface area contributed by atoms with E-state index in [2.05, 4.69) is 33.0 Å². The Labute approximate surface area is 91.7 Å². The summed E-state index contributed by atoms with van der Waals surface area (Å²) >= 11 is 0. The van der Waals surface area contributed by atoms with Crippen molar-refractivity contribution in [1.29, 1.82) is 0 Å². The first-order chi connectivity index (χ1) is 6.92. The summed E-state index contributed by atoms with van der Waals surface area (Å²) in [7, 11) is 0. The van der Waals surface area contributed by atoms with E-state index in [4.69, 9.17) is 0 Å². The van der Waals surface area contributed by atoms with Gasteiger partial charge in [0.1, 0.15) is 5.82 Å². The number of nitrogens with one attached hydrogen (secondary N) is 1. The molecule has 0 aromatic heterocycles. The van der Waals surface area contributed by atoms with Crippen LogP contribution < -0.4 is 5.32 Å². The third kappa shape index (κ3) is 3.63. The van der Waals surface area contributed by atoms with Crippen molar-refractivity contribution < 1.29 is 4.39 Å².